The maximum atomic E-state index is 11.8. The van der Waals surface area contributed by atoms with Gasteiger partial charge in [0.1, 0.15) is 6.33 Å². The van der Waals surface area contributed by atoms with Gasteiger partial charge in [0, 0.05) is 29.6 Å². The fourth-order valence-corrected chi connectivity index (χ4v) is 2.70. The van der Waals surface area contributed by atoms with Gasteiger partial charge in [0.2, 0.25) is 4.96 Å². The first kappa shape index (κ1) is 11.9. The lowest BCUT2D eigenvalue weighted by Gasteiger charge is -2.04. The molecule has 1 N–H and O–H groups in total. The second-order valence-corrected chi connectivity index (χ2v) is 4.92. The number of thiazole rings is 1. The Bertz CT molecular complexity index is 689. The van der Waals surface area contributed by atoms with Gasteiger partial charge in [-0.25, -0.2) is 0 Å². The predicted octanol–water partition coefficient (Wildman–Crippen LogP) is 1.76. The highest BCUT2D eigenvalue weighted by Gasteiger charge is 2.06. The van der Waals surface area contributed by atoms with Crippen molar-refractivity contribution < 1.29 is 4.79 Å². The van der Waals surface area contributed by atoms with Crippen LogP contribution in [0.3, 0.4) is 0 Å². The average Bonchev–Trinajstić information content (AvgIpc) is 3.04. The van der Waals surface area contributed by atoms with Gasteiger partial charge in [0.25, 0.3) is 5.91 Å². The lowest BCUT2D eigenvalue weighted by molar-refractivity contribution is 0.0954. The molecule has 1 aromatic carbocycles. The Labute approximate surface area is 113 Å². The van der Waals surface area contributed by atoms with Crippen LogP contribution < -0.4 is 5.32 Å². The standard InChI is InChI=1S/C13H12N4OS/c18-12(10-4-2-1-3-5-10)14-7-6-11-8-19-13-16-15-9-17(11)13/h1-5,8-9H,6-7H2,(H,14,18). The first-order valence-corrected chi connectivity index (χ1v) is 6.82. The Morgan fingerprint density at radius 3 is 3.00 bits per heavy atom. The SMILES string of the molecule is O=C(NCCc1csc2nncn12)c1ccccc1. The lowest BCUT2D eigenvalue weighted by Crippen LogP contribution is -2.25. The molecule has 2 heterocycles. The van der Waals surface area contributed by atoms with Gasteiger partial charge in [-0.3, -0.25) is 9.20 Å². The lowest BCUT2D eigenvalue weighted by atomic mass is 10.2. The molecule has 0 unspecified atom stereocenters. The van der Waals surface area contributed by atoms with Crippen molar-refractivity contribution in [1.82, 2.24) is 19.9 Å². The summed E-state index contributed by atoms with van der Waals surface area (Å²) in [6, 6.07) is 9.21. The molecule has 3 rings (SSSR count). The van der Waals surface area contributed by atoms with Crippen LogP contribution in [0.1, 0.15) is 16.1 Å². The van der Waals surface area contributed by atoms with Crippen molar-refractivity contribution in [2.45, 2.75) is 6.42 Å². The van der Waals surface area contributed by atoms with Crippen LogP contribution in [-0.4, -0.2) is 27.0 Å². The third-order valence-electron chi connectivity index (χ3n) is 2.83. The number of amides is 1. The van der Waals surface area contributed by atoms with E-state index in [1.165, 1.54) is 0 Å². The Kier molecular flexibility index (Phi) is 3.24. The molecular formula is C13H12N4OS. The van der Waals surface area contributed by atoms with E-state index in [9.17, 15) is 4.79 Å². The molecule has 0 aliphatic carbocycles. The van der Waals surface area contributed by atoms with E-state index in [1.807, 2.05) is 28.0 Å². The molecule has 0 saturated carbocycles. The smallest absolute Gasteiger partial charge is 0.251 e. The quantitative estimate of drug-likeness (QED) is 0.787. The topological polar surface area (TPSA) is 59.3 Å². The first-order chi connectivity index (χ1) is 9.34. The van der Waals surface area contributed by atoms with Crippen molar-refractivity contribution >= 4 is 22.2 Å². The number of aromatic nitrogens is 3. The number of hydrogen-bond donors (Lipinski definition) is 1. The minimum atomic E-state index is -0.0455. The van der Waals surface area contributed by atoms with E-state index in [2.05, 4.69) is 15.5 Å². The Hall–Kier alpha value is -2.21. The fraction of sp³-hybridized carbons (Fsp3) is 0.154. The van der Waals surface area contributed by atoms with E-state index in [1.54, 1.807) is 29.8 Å². The van der Waals surface area contributed by atoms with Crippen molar-refractivity contribution in [1.29, 1.82) is 0 Å². The summed E-state index contributed by atoms with van der Waals surface area (Å²) < 4.78 is 1.94. The summed E-state index contributed by atoms with van der Waals surface area (Å²) in [4.78, 5) is 12.7. The molecule has 6 heteroatoms. The minimum Gasteiger partial charge on any atom is -0.352 e. The van der Waals surface area contributed by atoms with Gasteiger partial charge in [-0.2, -0.15) is 0 Å². The molecule has 19 heavy (non-hydrogen) atoms. The second kappa shape index (κ2) is 5.19. The van der Waals surface area contributed by atoms with Crippen LogP contribution >= 0.6 is 11.3 Å². The van der Waals surface area contributed by atoms with Crippen molar-refractivity contribution in [2.75, 3.05) is 6.54 Å². The fourth-order valence-electron chi connectivity index (χ4n) is 1.85. The van der Waals surface area contributed by atoms with Gasteiger partial charge in [-0.15, -0.1) is 21.5 Å². The Morgan fingerprint density at radius 1 is 1.32 bits per heavy atom. The van der Waals surface area contributed by atoms with E-state index in [-0.39, 0.29) is 5.91 Å². The highest BCUT2D eigenvalue weighted by atomic mass is 32.1. The molecule has 3 aromatic rings. The van der Waals surface area contributed by atoms with Crippen LogP contribution in [0.2, 0.25) is 0 Å². The van der Waals surface area contributed by atoms with Crippen LogP contribution in [0.25, 0.3) is 4.96 Å². The van der Waals surface area contributed by atoms with Gasteiger partial charge in [-0.05, 0) is 12.1 Å². The third kappa shape index (κ3) is 2.48. The molecule has 1 amide bonds. The minimum absolute atomic E-state index is 0.0455. The summed E-state index contributed by atoms with van der Waals surface area (Å²) in [7, 11) is 0. The molecule has 0 saturated heterocycles. The van der Waals surface area contributed by atoms with Gasteiger partial charge < -0.3 is 5.32 Å². The van der Waals surface area contributed by atoms with Gasteiger partial charge >= 0.3 is 0 Å². The number of fused-ring (bicyclic) bond motifs is 1. The zero-order valence-electron chi connectivity index (χ0n) is 10.1. The van der Waals surface area contributed by atoms with Gasteiger partial charge in [-0.1, -0.05) is 18.2 Å². The molecule has 5 nitrogen and oxygen atoms in total. The normalized spacial score (nSPS) is 10.7. The molecule has 0 spiro atoms. The van der Waals surface area contributed by atoms with Crippen LogP contribution in [0.15, 0.2) is 42.0 Å². The zero-order valence-corrected chi connectivity index (χ0v) is 10.9. The van der Waals surface area contributed by atoms with Crippen molar-refractivity contribution in [3.05, 3.63) is 53.3 Å². The number of carbonyl (C=O) groups is 1. The van der Waals surface area contributed by atoms with Gasteiger partial charge in [0.05, 0.1) is 0 Å². The molecule has 0 atom stereocenters. The maximum Gasteiger partial charge on any atom is 0.251 e. The number of benzene rings is 1. The van der Waals surface area contributed by atoms with Crippen LogP contribution in [-0.2, 0) is 6.42 Å². The maximum absolute atomic E-state index is 11.8. The summed E-state index contributed by atoms with van der Waals surface area (Å²) in [5.74, 6) is -0.0455. The van der Waals surface area contributed by atoms with E-state index in [0.29, 0.717) is 12.1 Å². The summed E-state index contributed by atoms with van der Waals surface area (Å²) >= 11 is 1.55. The number of rotatable bonds is 4. The summed E-state index contributed by atoms with van der Waals surface area (Å²) in [6.07, 6.45) is 2.46. The average molecular weight is 272 g/mol. The molecule has 2 aromatic heterocycles. The predicted molar refractivity (Wildman–Crippen MR) is 73.3 cm³/mol. The zero-order chi connectivity index (χ0) is 13.1. The van der Waals surface area contributed by atoms with E-state index < -0.39 is 0 Å². The molecule has 96 valence electrons. The third-order valence-corrected chi connectivity index (χ3v) is 3.71. The van der Waals surface area contributed by atoms with Crippen molar-refractivity contribution in [2.24, 2.45) is 0 Å². The molecule has 0 aliphatic rings. The number of nitrogens with zero attached hydrogens (tertiary/aromatic N) is 3. The van der Waals surface area contributed by atoms with Crippen LogP contribution in [0, 0.1) is 0 Å². The largest absolute Gasteiger partial charge is 0.352 e. The molecule has 0 aliphatic heterocycles. The Morgan fingerprint density at radius 2 is 2.16 bits per heavy atom. The first-order valence-electron chi connectivity index (χ1n) is 5.94. The molecular weight excluding hydrogens is 260 g/mol. The highest BCUT2D eigenvalue weighted by Crippen LogP contribution is 2.13. The number of hydrogen-bond acceptors (Lipinski definition) is 4. The molecule has 0 radical (unpaired) electrons. The van der Waals surface area contributed by atoms with Gasteiger partial charge in [0.15, 0.2) is 0 Å². The monoisotopic (exact) mass is 272 g/mol. The van der Waals surface area contributed by atoms with Crippen molar-refractivity contribution in [3.8, 4) is 0 Å². The van der Waals surface area contributed by atoms with Crippen LogP contribution in [0.4, 0.5) is 0 Å². The summed E-state index contributed by atoms with van der Waals surface area (Å²) in [5.41, 5.74) is 1.79. The van der Waals surface area contributed by atoms with Crippen LogP contribution in [0.5, 0.6) is 0 Å². The molecule has 0 fully saturated rings. The second-order valence-electron chi connectivity index (χ2n) is 4.08. The number of carbonyl (C=O) groups excluding carboxylic acids is 1. The Balaban J connectivity index is 1.59. The van der Waals surface area contributed by atoms with E-state index >= 15 is 0 Å². The summed E-state index contributed by atoms with van der Waals surface area (Å²) in [5, 5.41) is 12.8. The van der Waals surface area contributed by atoms with E-state index in [0.717, 1.165) is 17.1 Å². The number of nitrogens with one attached hydrogen (secondary N) is 1. The highest BCUT2D eigenvalue weighted by molar-refractivity contribution is 7.15. The molecule has 0 bridgehead atoms. The van der Waals surface area contributed by atoms with E-state index in [4.69, 9.17) is 0 Å². The summed E-state index contributed by atoms with van der Waals surface area (Å²) in [6.45, 7) is 0.595. The van der Waals surface area contributed by atoms with Crippen molar-refractivity contribution in [3.63, 3.8) is 0 Å².